The molecule has 2 atom stereocenters. The molecule has 8 nitrogen and oxygen atoms in total. The second kappa shape index (κ2) is 9.13. The number of nitrogens with zero attached hydrogens (tertiary/aromatic N) is 3. The van der Waals surface area contributed by atoms with Crippen LogP contribution in [0.1, 0.15) is 19.8 Å². The maximum Gasteiger partial charge on any atom is 0.241 e. The van der Waals surface area contributed by atoms with Crippen LogP contribution in [0.3, 0.4) is 0 Å². The number of thiophene rings is 1. The number of hydrogen-bond acceptors (Lipinski definition) is 8. The largest absolute Gasteiger partial charge is 0.394 e. The van der Waals surface area contributed by atoms with Gasteiger partial charge in [0.05, 0.1) is 21.9 Å². The lowest BCUT2D eigenvalue weighted by atomic mass is 10.2. The highest BCUT2D eigenvalue weighted by Crippen LogP contribution is 2.36. The van der Waals surface area contributed by atoms with Gasteiger partial charge in [-0.25, -0.2) is 9.19 Å². The van der Waals surface area contributed by atoms with Gasteiger partial charge in [0.1, 0.15) is 5.82 Å². The quantitative estimate of drug-likeness (QED) is 0.417. The van der Waals surface area contributed by atoms with E-state index in [0.29, 0.717) is 23.1 Å². The molecule has 31 heavy (non-hydrogen) atoms. The topological polar surface area (TPSA) is 117 Å². The van der Waals surface area contributed by atoms with E-state index in [1.54, 1.807) is 41.8 Å². The fraction of sp³-hybridized carbons (Fsp3) is 0.286. The van der Waals surface area contributed by atoms with Gasteiger partial charge in [0.15, 0.2) is 0 Å². The van der Waals surface area contributed by atoms with Gasteiger partial charge in [-0.3, -0.25) is 4.79 Å². The van der Waals surface area contributed by atoms with Gasteiger partial charge in [-0.2, -0.15) is 9.35 Å². The maximum atomic E-state index is 13.1. The Labute approximate surface area is 185 Å². The summed E-state index contributed by atoms with van der Waals surface area (Å²) in [7, 11) is -2.70. The molecular weight excluding hydrogens is 434 g/mol. The van der Waals surface area contributed by atoms with Gasteiger partial charge < -0.3 is 15.7 Å². The molecule has 1 amide bonds. The minimum atomic E-state index is -2.70. The normalized spacial score (nSPS) is 16.2. The molecule has 1 aliphatic carbocycles. The third-order valence-electron chi connectivity index (χ3n) is 4.86. The van der Waals surface area contributed by atoms with Crippen molar-refractivity contribution in [1.82, 2.24) is 9.97 Å². The zero-order valence-corrected chi connectivity index (χ0v) is 18.5. The van der Waals surface area contributed by atoms with E-state index in [2.05, 4.69) is 25.0 Å². The molecule has 162 valence electrons. The second-order valence-corrected chi connectivity index (χ2v) is 10.7. The molecule has 0 aliphatic heterocycles. The number of anilines is 3. The van der Waals surface area contributed by atoms with Crippen LogP contribution < -0.4 is 10.6 Å². The van der Waals surface area contributed by atoms with E-state index in [1.165, 1.54) is 0 Å². The lowest BCUT2D eigenvalue weighted by Crippen LogP contribution is -2.21. The first-order valence-corrected chi connectivity index (χ1v) is 12.3. The number of carbonyl (C=O) groups excluding carboxylic acids is 1. The van der Waals surface area contributed by atoms with E-state index in [9.17, 15) is 14.1 Å². The van der Waals surface area contributed by atoms with E-state index in [1.807, 2.05) is 24.4 Å². The van der Waals surface area contributed by atoms with Crippen LogP contribution in [-0.4, -0.2) is 43.6 Å². The third kappa shape index (κ3) is 4.76. The highest BCUT2D eigenvalue weighted by Gasteiger charge is 2.35. The standard InChI is InChI=1S/C21H23N5O3S2/c1-14(12-27)24-20-18(19-3-2-10-30-19)11-22-21(26-20)25-15-4-6-16(7-5-15)31(29,23-13-28)17-8-9-17/h2-7,10-11,13-14,17,27H,8-9,12H2,1H3,(H2,22,24,25,26)/t14-,31-/m1/s1. The molecule has 2 heterocycles. The molecule has 2 aromatic heterocycles. The van der Waals surface area contributed by atoms with Crippen LogP contribution in [0.4, 0.5) is 17.5 Å². The first-order chi connectivity index (χ1) is 15.0. The van der Waals surface area contributed by atoms with Crippen molar-refractivity contribution in [2.45, 2.75) is 36.0 Å². The SMILES string of the molecule is C[C@H](CO)Nc1nc(Nc2ccc([S@](=O)(=NC=O)C3CC3)cc2)ncc1-c1cccs1. The zero-order valence-electron chi connectivity index (χ0n) is 16.9. The molecule has 1 aromatic carbocycles. The van der Waals surface area contributed by atoms with Gasteiger partial charge in [0.2, 0.25) is 12.4 Å². The van der Waals surface area contributed by atoms with Crippen molar-refractivity contribution in [1.29, 1.82) is 0 Å². The molecule has 1 saturated carbocycles. The number of rotatable bonds is 9. The van der Waals surface area contributed by atoms with Crippen molar-refractivity contribution in [3.63, 3.8) is 0 Å². The summed E-state index contributed by atoms with van der Waals surface area (Å²) in [5.41, 5.74) is 1.58. The van der Waals surface area contributed by atoms with Crippen molar-refractivity contribution in [2.75, 3.05) is 17.2 Å². The van der Waals surface area contributed by atoms with Crippen LogP contribution in [0.5, 0.6) is 0 Å². The molecule has 1 aliphatic rings. The first-order valence-electron chi connectivity index (χ1n) is 9.87. The number of benzene rings is 1. The molecule has 10 heteroatoms. The van der Waals surface area contributed by atoms with Crippen LogP contribution in [0.2, 0.25) is 0 Å². The van der Waals surface area contributed by atoms with Gasteiger partial charge in [-0.15, -0.1) is 11.3 Å². The van der Waals surface area contributed by atoms with Crippen molar-refractivity contribution >= 4 is 44.9 Å². The highest BCUT2D eigenvalue weighted by molar-refractivity contribution is 7.94. The number of aliphatic hydroxyl groups is 1. The van der Waals surface area contributed by atoms with Gasteiger partial charge >= 0.3 is 0 Å². The van der Waals surface area contributed by atoms with E-state index in [-0.39, 0.29) is 17.9 Å². The molecule has 0 unspecified atom stereocenters. The monoisotopic (exact) mass is 457 g/mol. The fourth-order valence-corrected chi connectivity index (χ4v) is 5.94. The maximum absolute atomic E-state index is 13.1. The van der Waals surface area contributed by atoms with Crippen molar-refractivity contribution < 1.29 is 14.1 Å². The molecule has 0 bridgehead atoms. The van der Waals surface area contributed by atoms with E-state index in [0.717, 1.165) is 29.0 Å². The number of nitrogens with one attached hydrogen (secondary N) is 2. The molecule has 4 rings (SSSR count). The predicted octanol–water partition coefficient (Wildman–Crippen LogP) is 3.89. The molecule has 0 saturated heterocycles. The van der Waals surface area contributed by atoms with Crippen molar-refractivity contribution in [2.24, 2.45) is 4.36 Å². The Kier molecular flexibility index (Phi) is 6.30. The molecule has 3 aromatic rings. The van der Waals surface area contributed by atoms with Gasteiger partial charge in [-0.05, 0) is 55.5 Å². The Morgan fingerprint density at radius 2 is 2.10 bits per heavy atom. The Morgan fingerprint density at radius 1 is 1.32 bits per heavy atom. The smallest absolute Gasteiger partial charge is 0.241 e. The predicted molar refractivity (Wildman–Crippen MR) is 123 cm³/mol. The number of amides is 1. The van der Waals surface area contributed by atoms with Crippen LogP contribution in [0, 0.1) is 0 Å². The van der Waals surface area contributed by atoms with Gasteiger partial charge in [0.25, 0.3) is 0 Å². The summed E-state index contributed by atoms with van der Waals surface area (Å²) in [4.78, 5) is 21.5. The number of aliphatic hydroxyl groups excluding tert-OH is 1. The fourth-order valence-electron chi connectivity index (χ4n) is 3.10. The number of aromatic nitrogens is 2. The lowest BCUT2D eigenvalue weighted by molar-refractivity contribution is -0.106. The van der Waals surface area contributed by atoms with E-state index in [4.69, 9.17) is 0 Å². The Balaban J connectivity index is 1.59. The van der Waals surface area contributed by atoms with E-state index >= 15 is 0 Å². The summed E-state index contributed by atoms with van der Waals surface area (Å²) in [6, 6.07) is 10.8. The summed E-state index contributed by atoms with van der Waals surface area (Å²) < 4.78 is 16.8. The number of hydrogen-bond donors (Lipinski definition) is 3. The summed E-state index contributed by atoms with van der Waals surface area (Å²) in [6.07, 6.45) is 3.77. The zero-order chi connectivity index (χ0) is 21.8. The molecule has 0 spiro atoms. The van der Waals surface area contributed by atoms with Crippen LogP contribution in [0.15, 0.2) is 57.2 Å². The highest BCUT2D eigenvalue weighted by atomic mass is 32.2. The van der Waals surface area contributed by atoms with Gasteiger partial charge in [0, 0.05) is 32.9 Å². The summed E-state index contributed by atoms with van der Waals surface area (Å²) in [5.74, 6) is 1.01. The molecule has 1 fully saturated rings. The Bertz CT molecular complexity index is 1170. The minimum absolute atomic E-state index is 0.0236. The second-order valence-electron chi connectivity index (χ2n) is 7.29. The minimum Gasteiger partial charge on any atom is -0.394 e. The Hall–Kier alpha value is -2.82. The van der Waals surface area contributed by atoms with Crippen molar-refractivity contribution in [3.8, 4) is 10.4 Å². The van der Waals surface area contributed by atoms with Crippen molar-refractivity contribution in [3.05, 3.63) is 48.0 Å². The van der Waals surface area contributed by atoms with Gasteiger partial charge in [-0.1, -0.05) is 6.07 Å². The average molecular weight is 458 g/mol. The first kappa shape index (κ1) is 21.4. The number of carbonyl (C=O) groups is 1. The summed E-state index contributed by atoms with van der Waals surface area (Å²) >= 11 is 1.59. The lowest BCUT2D eigenvalue weighted by Gasteiger charge is -2.16. The summed E-state index contributed by atoms with van der Waals surface area (Å²) in [6.45, 7) is 1.85. The summed E-state index contributed by atoms with van der Waals surface area (Å²) in [5, 5.41) is 17.7. The van der Waals surface area contributed by atoms with Crippen LogP contribution in [-0.2, 0) is 14.5 Å². The molecular formula is C21H23N5O3S2. The average Bonchev–Trinajstić information content (AvgIpc) is 3.50. The molecule has 0 radical (unpaired) electrons. The third-order valence-corrected chi connectivity index (χ3v) is 8.48. The van der Waals surface area contributed by atoms with E-state index < -0.39 is 9.73 Å². The Morgan fingerprint density at radius 3 is 2.71 bits per heavy atom. The van der Waals surface area contributed by atoms with Crippen LogP contribution >= 0.6 is 11.3 Å². The molecule has 3 N–H and O–H groups in total. The van der Waals surface area contributed by atoms with Crippen LogP contribution in [0.25, 0.3) is 10.4 Å².